The number of thioether (sulfide) groups is 1. The van der Waals surface area contributed by atoms with Crippen molar-refractivity contribution < 1.29 is 24.1 Å². The Morgan fingerprint density at radius 3 is 2.71 bits per heavy atom. The van der Waals surface area contributed by atoms with E-state index in [1.54, 1.807) is 23.8 Å². The molecule has 3 rings (SSSR count). The summed E-state index contributed by atoms with van der Waals surface area (Å²) in [6.07, 6.45) is 0. The van der Waals surface area contributed by atoms with Crippen LogP contribution >= 0.6 is 11.8 Å². The molecule has 0 radical (unpaired) electrons. The van der Waals surface area contributed by atoms with E-state index in [0.29, 0.717) is 37.0 Å². The summed E-state index contributed by atoms with van der Waals surface area (Å²) in [5.41, 5.74) is 2.07. The van der Waals surface area contributed by atoms with E-state index in [9.17, 15) is 4.79 Å². The fourth-order valence-corrected chi connectivity index (χ4v) is 4.20. The first-order valence-corrected chi connectivity index (χ1v) is 10.2. The van der Waals surface area contributed by atoms with Gasteiger partial charge in [0.2, 0.25) is 5.91 Å². The number of benzene rings is 2. The molecule has 1 unspecified atom stereocenters. The lowest BCUT2D eigenvalue weighted by atomic mass is 10.1. The molecule has 2 aromatic carbocycles. The van der Waals surface area contributed by atoms with Crippen molar-refractivity contribution in [2.75, 3.05) is 39.2 Å². The Balaban J connectivity index is 1.68. The highest BCUT2D eigenvalue weighted by atomic mass is 32.2. The number of nitrogens with zero attached hydrogens (tertiary/aromatic N) is 1. The van der Waals surface area contributed by atoms with Crippen LogP contribution in [-0.2, 0) is 16.1 Å². The van der Waals surface area contributed by atoms with Crippen LogP contribution in [0, 0.1) is 0 Å². The molecular weight excluding hydrogens is 378 g/mol. The average molecular weight is 404 g/mol. The Morgan fingerprint density at radius 1 is 1.14 bits per heavy atom. The van der Waals surface area contributed by atoms with Crippen LogP contribution < -0.4 is 9.47 Å². The van der Waals surface area contributed by atoms with Gasteiger partial charge in [-0.05, 0) is 23.3 Å². The first-order chi connectivity index (χ1) is 13.7. The van der Waals surface area contributed by atoms with Crippen molar-refractivity contribution in [3.63, 3.8) is 0 Å². The molecule has 0 aromatic heterocycles. The molecule has 1 aliphatic rings. The van der Waals surface area contributed by atoms with Gasteiger partial charge in [0.05, 0.1) is 32.7 Å². The minimum Gasteiger partial charge on any atom is -0.493 e. The molecule has 1 N–H and O–H groups in total. The minimum atomic E-state index is -0.0812. The summed E-state index contributed by atoms with van der Waals surface area (Å²) in [5.74, 6) is 1.84. The molecule has 28 heavy (non-hydrogen) atoms. The van der Waals surface area contributed by atoms with Gasteiger partial charge >= 0.3 is 0 Å². The zero-order chi connectivity index (χ0) is 19.8. The van der Waals surface area contributed by atoms with Gasteiger partial charge in [0.25, 0.3) is 0 Å². The van der Waals surface area contributed by atoms with Crippen molar-refractivity contribution in [1.29, 1.82) is 0 Å². The molecule has 0 bridgehead atoms. The number of rotatable bonds is 10. The molecule has 1 heterocycles. The van der Waals surface area contributed by atoms with Gasteiger partial charge in [-0.1, -0.05) is 36.4 Å². The van der Waals surface area contributed by atoms with Crippen molar-refractivity contribution in [2.45, 2.75) is 12.0 Å². The summed E-state index contributed by atoms with van der Waals surface area (Å²) in [5, 5.41) is 8.72. The summed E-state index contributed by atoms with van der Waals surface area (Å²) in [4.78, 5) is 14.1. The van der Waals surface area contributed by atoms with Gasteiger partial charge in [-0.2, -0.15) is 0 Å². The van der Waals surface area contributed by atoms with Gasteiger partial charge in [-0.3, -0.25) is 4.79 Å². The minimum absolute atomic E-state index is 0.0201. The zero-order valence-corrected chi connectivity index (χ0v) is 16.7. The molecular formula is C21H25NO5S. The van der Waals surface area contributed by atoms with Crippen molar-refractivity contribution >= 4 is 17.7 Å². The summed E-state index contributed by atoms with van der Waals surface area (Å²) in [6, 6.07) is 15.7. The standard InChI is InChI=1S/C21H25NO5S/c1-25-19-13-17(7-8-18(19)27-14-16-5-3-2-4-6-16)21-22(20(24)15-28-21)9-11-26-12-10-23/h2-8,13,21,23H,9-12,14-15H2,1H3. The number of carbonyl (C=O) groups is 1. The average Bonchev–Trinajstić information content (AvgIpc) is 3.10. The van der Waals surface area contributed by atoms with Crippen LogP contribution in [0.2, 0.25) is 0 Å². The molecule has 6 nitrogen and oxygen atoms in total. The number of methoxy groups -OCH3 is 1. The molecule has 2 aromatic rings. The van der Waals surface area contributed by atoms with Crippen molar-refractivity contribution in [2.24, 2.45) is 0 Å². The van der Waals surface area contributed by atoms with Gasteiger partial charge in [0.15, 0.2) is 11.5 Å². The Labute approximate surface area is 169 Å². The van der Waals surface area contributed by atoms with Crippen molar-refractivity contribution in [3.05, 3.63) is 59.7 Å². The first-order valence-electron chi connectivity index (χ1n) is 9.17. The summed E-state index contributed by atoms with van der Waals surface area (Å²) in [6.45, 7) is 1.61. The van der Waals surface area contributed by atoms with E-state index in [1.807, 2.05) is 48.5 Å². The van der Waals surface area contributed by atoms with Crippen LogP contribution in [-0.4, -0.2) is 55.1 Å². The van der Waals surface area contributed by atoms with Crippen molar-refractivity contribution in [3.8, 4) is 11.5 Å². The quantitative estimate of drug-likeness (QED) is 0.616. The molecule has 0 aliphatic carbocycles. The maximum Gasteiger partial charge on any atom is 0.233 e. The Kier molecular flexibility index (Phi) is 7.59. The molecule has 1 amide bonds. The van der Waals surface area contributed by atoms with Crippen molar-refractivity contribution in [1.82, 2.24) is 4.90 Å². The molecule has 150 valence electrons. The van der Waals surface area contributed by atoms with Gasteiger partial charge in [0.1, 0.15) is 12.0 Å². The van der Waals surface area contributed by atoms with Crippen LogP contribution in [0.5, 0.6) is 11.5 Å². The molecule has 0 saturated carbocycles. The van der Waals surface area contributed by atoms with E-state index < -0.39 is 0 Å². The molecule has 1 fully saturated rings. The maximum atomic E-state index is 12.2. The lowest BCUT2D eigenvalue weighted by Gasteiger charge is -2.25. The number of ether oxygens (including phenoxy) is 3. The third-order valence-corrected chi connectivity index (χ3v) is 5.65. The SMILES string of the molecule is COc1cc(C2SCC(=O)N2CCOCCO)ccc1OCc1ccccc1. The zero-order valence-electron chi connectivity index (χ0n) is 15.9. The highest BCUT2D eigenvalue weighted by Gasteiger charge is 2.33. The van der Waals surface area contributed by atoms with Gasteiger partial charge < -0.3 is 24.2 Å². The van der Waals surface area contributed by atoms with Crippen LogP contribution in [0.1, 0.15) is 16.5 Å². The van der Waals surface area contributed by atoms with Crippen LogP contribution in [0.15, 0.2) is 48.5 Å². The number of aliphatic hydroxyl groups excluding tert-OH is 1. The number of hydrogen-bond donors (Lipinski definition) is 1. The predicted molar refractivity (Wildman–Crippen MR) is 109 cm³/mol. The smallest absolute Gasteiger partial charge is 0.233 e. The lowest BCUT2D eigenvalue weighted by molar-refractivity contribution is -0.128. The van der Waals surface area contributed by atoms with E-state index >= 15 is 0 Å². The first kappa shape index (κ1) is 20.5. The fourth-order valence-electron chi connectivity index (χ4n) is 2.99. The highest BCUT2D eigenvalue weighted by Crippen LogP contribution is 2.41. The second kappa shape index (κ2) is 10.4. The summed E-state index contributed by atoms with van der Waals surface area (Å²) >= 11 is 1.59. The fraction of sp³-hybridized carbons (Fsp3) is 0.381. The third-order valence-electron chi connectivity index (χ3n) is 4.39. The van der Waals surface area contributed by atoms with Gasteiger partial charge in [0, 0.05) is 6.54 Å². The van der Waals surface area contributed by atoms with Crippen LogP contribution in [0.3, 0.4) is 0 Å². The second-order valence-corrected chi connectivity index (χ2v) is 7.34. The van der Waals surface area contributed by atoms with E-state index in [0.717, 1.165) is 11.1 Å². The third kappa shape index (κ3) is 5.19. The van der Waals surface area contributed by atoms with Crippen LogP contribution in [0.4, 0.5) is 0 Å². The van der Waals surface area contributed by atoms with E-state index in [4.69, 9.17) is 19.3 Å². The molecule has 1 aliphatic heterocycles. The Bertz CT molecular complexity index is 771. The largest absolute Gasteiger partial charge is 0.493 e. The summed E-state index contributed by atoms with van der Waals surface area (Å²) < 4.78 is 16.8. The number of carbonyl (C=O) groups excluding carboxylic acids is 1. The molecule has 1 saturated heterocycles. The lowest BCUT2D eigenvalue weighted by Crippen LogP contribution is -2.31. The van der Waals surface area contributed by atoms with E-state index in [-0.39, 0.29) is 24.5 Å². The summed E-state index contributed by atoms with van der Waals surface area (Å²) in [7, 11) is 1.61. The molecule has 0 spiro atoms. The maximum absolute atomic E-state index is 12.2. The number of aliphatic hydroxyl groups is 1. The molecule has 1 atom stereocenters. The highest BCUT2D eigenvalue weighted by molar-refractivity contribution is 8.00. The topological polar surface area (TPSA) is 68.2 Å². The Morgan fingerprint density at radius 2 is 1.96 bits per heavy atom. The molecule has 7 heteroatoms. The monoisotopic (exact) mass is 403 g/mol. The van der Waals surface area contributed by atoms with Gasteiger partial charge in [-0.25, -0.2) is 0 Å². The van der Waals surface area contributed by atoms with E-state index in [1.165, 1.54) is 0 Å². The van der Waals surface area contributed by atoms with Crippen LogP contribution in [0.25, 0.3) is 0 Å². The van der Waals surface area contributed by atoms with Gasteiger partial charge in [-0.15, -0.1) is 11.8 Å². The second-order valence-electron chi connectivity index (χ2n) is 6.27. The Hall–Kier alpha value is -2.22. The number of amides is 1. The van der Waals surface area contributed by atoms with E-state index in [2.05, 4.69) is 0 Å². The predicted octanol–water partition coefficient (Wildman–Crippen LogP) is 2.86. The normalized spacial score (nSPS) is 16.4. The number of hydrogen-bond acceptors (Lipinski definition) is 6.